The maximum Gasteiger partial charge on any atom is 0.123 e. The number of epoxide rings is 1. The average molecular weight is 138 g/mol. The van der Waals surface area contributed by atoms with Crippen LogP contribution < -0.4 is 0 Å². The van der Waals surface area contributed by atoms with Crippen molar-refractivity contribution in [1.82, 2.24) is 0 Å². The molecule has 1 saturated heterocycles. The molecule has 0 amide bonds. The van der Waals surface area contributed by atoms with Gasteiger partial charge in [0.1, 0.15) is 11.9 Å². The Morgan fingerprint density at radius 3 is 2.40 bits per heavy atom. The summed E-state index contributed by atoms with van der Waals surface area (Å²) in [7, 11) is 0. The largest absolute Gasteiger partial charge is 0.368 e. The van der Waals surface area contributed by atoms with Crippen LogP contribution in [-0.2, 0) is 4.74 Å². The number of benzene rings is 1. The summed E-state index contributed by atoms with van der Waals surface area (Å²) in [5, 5.41) is 0. The van der Waals surface area contributed by atoms with E-state index in [0.717, 1.165) is 12.2 Å². The van der Waals surface area contributed by atoms with Crippen LogP contribution in [0.1, 0.15) is 11.7 Å². The van der Waals surface area contributed by atoms with E-state index in [1.807, 2.05) is 0 Å². The van der Waals surface area contributed by atoms with Gasteiger partial charge < -0.3 is 4.74 Å². The molecule has 1 fully saturated rings. The van der Waals surface area contributed by atoms with Crippen LogP contribution in [0.2, 0.25) is 0 Å². The fraction of sp³-hybridized carbons (Fsp3) is 0.250. The minimum absolute atomic E-state index is 0.190. The Morgan fingerprint density at radius 1 is 1.30 bits per heavy atom. The molecular formula is C8H7FO. The molecule has 0 unspecified atom stereocenters. The van der Waals surface area contributed by atoms with E-state index in [0.29, 0.717) is 0 Å². The van der Waals surface area contributed by atoms with Crippen molar-refractivity contribution >= 4 is 0 Å². The average Bonchev–Trinajstić information content (AvgIpc) is 2.71. The summed E-state index contributed by atoms with van der Waals surface area (Å²) in [5.41, 5.74) is 1.07. The van der Waals surface area contributed by atoms with E-state index < -0.39 is 0 Å². The first kappa shape index (κ1) is 5.86. The van der Waals surface area contributed by atoms with Crippen molar-refractivity contribution in [2.24, 2.45) is 0 Å². The molecule has 2 heteroatoms. The van der Waals surface area contributed by atoms with Gasteiger partial charge in [0.05, 0.1) is 6.61 Å². The number of hydrogen-bond acceptors (Lipinski definition) is 1. The Hall–Kier alpha value is -0.890. The second-order valence-corrected chi connectivity index (χ2v) is 2.37. The first-order chi connectivity index (χ1) is 4.86. The molecule has 1 aliphatic rings. The zero-order valence-electron chi connectivity index (χ0n) is 5.38. The standard InChI is InChI=1S/C8H7FO/c9-7-3-1-6(2-4-7)8-5-10-8/h1-4,8H,5H2/t8-/m0/s1. The predicted octanol–water partition coefficient (Wildman–Crippen LogP) is 1.90. The topological polar surface area (TPSA) is 12.5 Å². The second kappa shape index (κ2) is 2.06. The fourth-order valence-electron chi connectivity index (χ4n) is 0.918. The van der Waals surface area contributed by atoms with E-state index in [9.17, 15) is 4.39 Å². The number of rotatable bonds is 1. The molecule has 0 bridgehead atoms. The van der Waals surface area contributed by atoms with Crippen LogP contribution in [-0.4, -0.2) is 6.61 Å². The molecule has 1 aliphatic heterocycles. The Bertz CT molecular complexity index is 226. The van der Waals surface area contributed by atoms with Crippen molar-refractivity contribution < 1.29 is 9.13 Å². The van der Waals surface area contributed by atoms with E-state index in [1.54, 1.807) is 12.1 Å². The zero-order valence-corrected chi connectivity index (χ0v) is 5.38. The Balaban J connectivity index is 2.28. The maximum atomic E-state index is 12.3. The molecule has 1 aromatic rings. The van der Waals surface area contributed by atoms with Crippen molar-refractivity contribution in [1.29, 1.82) is 0 Å². The Morgan fingerprint density at radius 2 is 1.90 bits per heavy atom. The molecule has 0 spiro atoms. The van der Waals surface area contributed by atoms with Gasteiger partial charge in [-0.2, -0.15) is 0 Å². The maximum absolute atomic E-state index is 12.3. The van der Waals surface area contributed by atoms with Gasteiger partial charge in [0, 0.05) is 0 Å². The van der Waals surface area contributed by atoms with Crippen LogP contribution in [0.25, 0.3) is 0 Å². The van der Waals surface area contributed by atoms with E-state index in [1.165, 1.54) is 12.1 Å². The van der Waals surface area contributed by atoms with Gasteiger partial charge in [-0.15, -0.1) is 0 Å². The van der Waals surface area contributed by atoms with Crippen molar-refractivity contribution in [3.8, 4) is 0 Å². The van der Waals surface area contributed by atoms with Crippen LogP contribution in [0, 0.1) is 5.82 Å². The third-order valence-electron chi connectivity index (χ3n) is 1.58. The van der Waals surface area contributed by atoms with Crippen LogP contribution in [0.3, 0.4) is 0 Å². The van der Waals surface area contributed by atoms with Crippen molar-refractivity contribution in [3.63, 3.8) is 0 Å². The summed E-state index contributed by atoms with van der Waals surface area (Å²) in [6.45, 7) is 0.783. The lowest BCUT2D eigenvalue weighted by molar-refractivity contribution is 0.415. The summed E-state index contributed by atoms with van der Waals surface area (Å²) in [4.78, 5) is 0. The van der Waals surface area contributed by atoms with Gasteiger partial charge in [-0.3, -0.25) is 0 Å². The SMILES string of the molecule is Fc1ccc([C@@H]2CO2)cc1. The van der Waals surface area contributed by atoms with Gasteiger partial charge in [-0.25, -0.2) is 4.39 Å². The van der Waals surface area contributed by atoms with Crippen LogP contribution in [0.4, 0.5) is 4.39 Å². The summed E-state index contributed by atoms with van der Waals surface area (Å²) in [6.07, 6.45) is 0.237. The van der Waals surface area contributed by atoms with E-state index in [-0.39, 0.29) is 11.9 Å². The van der Waals surface area contributed by atoms with Crippen LogP contribution in [0.15, 0.2) is 24.3 Å². The van der Waals surface area contributed by atoms with Gasteiger partial charge in [0.25, 0.3) is 0 Å². The van der Waals surface area contributed by atoms with Gasteiger partial charge >= 0.3 is 0 Å². The fourth-order valence-corrected chi connectivity index (χ4v) is 0.918. The van der Waals surface area contributed by atoms with Crippen LogP contribution in [0.5, 0.6) is 0 Å². The zero-order chi connectivity index (χ0) is 6.97. The molecule has 10 heavy (non-hydrogen) atoms. The third-order valence-corrected chi connectivity index (χ3v) is 1.58. The summed E-state index contributed by atoms with van der Waals surface area (Å²) < 4.78 is 17.3. The second-order valence-electron chi connectivity index (χ2n) is 2.37. The molecule has 52 valence electrons. The highest BCUT2D eigenvalue weighted by atomic mass is 19.1. The van der Waals surface area contributed by atoms with E-state index in [2.05, 4.69) is 0 Å². The molecule has 1 heterocycles. The van der Waals surface area contributed by atoms with Crippen molar-refractivity contribution in [2.75, 3.05) is 6.61 Å². The van der Waals surface area contributed by atoms with Gasteiger partial charge in [0.15, 0.2) is 0 Å². The van der Waals surface area contributed by atoms with Crippen LogP contribution >= 0.6 is 0 Å². The molecular weight excluding hydrogens is 131 g/mol. The number of hydrogen-bond donors (Lipinski definition) is 0. The monoisotopic (exact) mass is 138 g/mol. The third kappa shape index (κ3) is 1.02. The van der Waals surface area contributed by atoms with Gasteiger partial charge in [-0.05, 0) is 17.7 Å². The molecule has 2 rings (SSSR count). The molecule has 0 radical (unpaired) electrons. The quantitative estimate of drug-likeness (QED) is 0.540. The predicted molar refractivity (Wildman–Crippen MR) is 35.1 cm³/mol. The van der Waals surface area contributed by atoms with E-state index >= 15 is 0 Å². The molecule has 0 saturated carbocycles. The Labute approximate surface area is 58.4 Å². The summed E-state index contributed by atoms with van der Waals surface area (Å²) >= 11 is 0. The number of ether oxygens (including phenoxy) is 1. The summed E-state index contributed by atoms with van der Waals surface area (Å²) in [6, 6.07) is 6.42. The molecule has 1 aromatic carbocycles. The number of halogens is 1. The first-order valence-corrected chi connectivity index (χ1v) is 3.23. The highest BCUT2D eigenvalue weighted by Crippen LogP contribution is 2.29. The van der Waals surface area contributed by atoms with Crippen molar-refractivity contribution in [3.05, 3.63) is 35.6 Å². The molecule has 0 N–H and O–H groups in total. The minimum atomic E-state index is -0.190. The smallest absolute Gasteiger partial charge is 0.123 e. The highest BCUT2D eigenvalue weighted by Gasteiger charge is 2.24. The lowest BCUT2D eigenvalue weighted by Crippen LogP contribution is -1.79. The normalized spacial score (nSPS) is 22.7. The van der Waals surface area contributed by atoms with Crippen molar-refractivity contribution in [2.45, 2.75) is 6.10 Å². The van der Waals surface area contributed by atoms with Gasteiger partial charge in [-0.1, -0.05) is 12.1 Å². The lowest BCUT2D eigenvalue weighted by atomic mass is 10.2. The first-order valence-electron chi connectivity index (χ1n) is 3.23. The Kier molecular flexibility index (Phi) is 1.21. The lowest BCUT2D eigenvalue weighted by Gasteiger charge is -1.92. The van der Waals surface area contributed by atoms with Gasteiger partial charge in [0.2, 0.25) is 0 Å². The summed E-state index contributed by atoms with van der Waals surface area (Å²) in [5.74, 6) is -0.190. The minimum Gasteiger partial charge on any atom is -0.368 e. The molecule has 0 aromatic heterocycles. The molecule has 0 aliphatic carbocycles. The molecule has 1 atom stereocenters. The van der Waals surface area contributed by atoms with E-state index in [4.69, 9.17) is 4.74 Å². The highest BCUT2D eigenvalue weighted by molar-refractivity contribution is 5.20. The molecule has 1 nitrogen and oxygen atoms in total.